The summed E-state index contributed by atoms with van der Waals surface area (Å²) in [5.41, 5.74) is 9.41. The minimum absolute atomic E-state index is 0.0890. The van der Waals surface area contributed by atoms with E-state index in [0.29, 0.717) is 17.2 Å². The number of nitrogens with one attached hydrogen (secondary N) is 1. The van der Waals surface area contributed by atoms with Crippen LogP contribution >= 0.6 is 11.3 Å². The maximum Gasteiger partial charge on any atom is 0.416 e. The molecule has 176 valence electrons. The summed E-state index contributed by atoms with van der Waals surface area (Å²) >= 11 is 1.45. The maximum absolute atomic E-state index is 13.0. The van der Waals surface area contributed by atoms with Crippen LogP contribution in [0.25, 0.3) is 27.0 Å². The fourth-order valence-corrected chi connectivity index (χ4v) is 4.57. The van der Waals surface area contributed by atoms with Gasteiger partial charge in [-0.2, -0.15) is 18.3 Å². The number of nitrogens with two attached hydrogens (primary N) is 1. The summed E-state index contributed by atoms with van der Waals surface area (Å²) in [5, 5.41) is 9.06. The normalized spacial score (nSPS) is 11.7. The van der Waals surface area contributed by atoms with Gasteiger partial charge in [-0.05, 0) is 42.8 Å². The van der Waals surface area contributed by atoms with E-state index in [-0.39, 0.29) is 5.56 Å². The summed E-state index contributed by atoms with van der Waals surface area (Å²) in [6, 6.07) is 9.48. The lowest BCUT2D eigenvalue weighted by Crippen LogP contribution is -2.14. The Hall–Kier alpha value is -4.25. The highest BCUT2D eigenvalue weighted by atomic mass is 32.1. The lowest BCUT2D eigenvalue weighted by molar-refractivity contribution is -0.137. The van der Waals surface area contributed by atoms with Crippen molar-refractivity contribution in [2.24, 2.45) is 0 Å². The molecule has 0 aliphatic carbocycles. The van der Waals surface area contributed by atoms with Gasteiger partial charge in [-0.25, -0.2) is 14.6 Å². The van der Waals surface area contributed by atoms with E-state index in [1.54, 1.807) is 29.1 Å². The number of halogens is 3. The van der Waals surface area contributed by atoms with Gasteiger partial charge in [0.1, 0.15) is 12.1 Å². The highest BCUT2D eigenvalue weighted by Crippen LogP contribution is 2.35. The standard InChI is InChI=1S/C24H17F3N6OS/c1-13-5-6-17(32-23(34)14-3-2-4-16(7-14)24(25,26)27)8-19(13)33-10-15(9-31-33)18-11-35-21-20(18)29-12-30-22(21)28/h2-12H,1H3,(H,32,34)(H2,28,29,30). The van der Waals surface area contributed by atoms with Crippen molar-refractivity contribution in [1.82, 2.24) is 19.7 Å². The quantitative estimate of drug-likeness (QED) is 0.334. The molecule has 0 saturated heterocycles. The molecule has 0 spiro atoms. The molecule has 0 radical (unpaired) electrons. The van der Waals surface area contributed by atoms with Gasteiger partial charge in [-0.3, -0.25) is 4.79 Å². The number of nitrogens with zero attached hydrogens (tertiary/aromatic N) is 4. The summed E-state index contributed by atoms with van der Waals surface area (Å²) in [6.45, 7) is 1.89. The van der Waals surface area contributed by atoms with Gasteiger partial charge in [0, 0.05) is 34.0 Å². The lowest BCUT2D eigenvalue weighted by atomic mass is 10.1. The Morgan fingerprint density at radius 3 is 2.77 bits per heavy atom. The van der Waals surface area contributed by atoms with Crippen LogP contribution in [0, 0.1) is 6.92 Å². The van der Waals surface area contributed by atoms with Gasteiger partial charge in [-0.15, -0.1) is 11.3 Å². The van der Waals surface area contributed by atoms with Gasteiger partial charge in [0.05, 0.1) is 27.7 Å². The number of carbonyl (C=O) groups excluding carboxylic acids is 1. The number of thiophene rings is 1. The Labute approximate surface area is 201 Å². The molecule has 0 bridgehead atoms. The third kappa shape index (κ3) is 4.33. The average molecular weight is 495 g/mol. The number of aryl methyl sites for hydroxylation is 1. The second-order valence-electron chi connectivity index (χ2n) is 7.79. The number of hydrogen-bond acceptors (Lipinski definition) is 6. The predicted octanol–water partition coefficient (Wildman–Crippen LogP) is 5.71. The summed E-state index contributed by atoms with van der Waals surface area (Å²) in [6.07, 6.45) is 0.420. The van der Waals surface area contributed by atoms with Crippen LogP contribution in [0.3, 0.4) is 0 Å². The van der Waals surface area contributed by atoms with Crippen LogP contribution in [0.15, 0.2) is 66.6 Å². The maximum atomic E-state index is 13.0. The molecule has 0 aliphatic rings. The lowest BCUT2D eigenvalue weighted by Gasteiger charge is -2.12. The van der Waals surface area contributed by atoms with E-state index < -0.39 is 17.6 Å². The van der Waals surface area contributed by atoms with Gasteiger partial charge in [0.15, 0.2) is 0 Å². The fraction of sp³-hybridized carbons (Fsp3) is 0.0833. The molecule has 11 heteroatoms. The molecule has 3 N–H and O–H groups in total. The number of alkyl halides is 3. The van der Waals surface area contributed by atoms with Crippen LogP contribution in [-0.2, 0) is 6.18 Å². The molecule has 3 aromatic heterocycles. The van der Waals surface area contributed by atoms with E-state index in [1.165, 1.54) is 29.8 Å². The summed E-state index contributed by atoms with van der Waals surface area (Å²) in [7, 11) is 0. The SMILES string of the molecule is Cc1ccc(NC(=O)c2cccc(C(F)(F)F)c2)cc1-n1cc(-c2csc3c(N)ncnc23)cn1. The molecule has 0 atom stereocenters. The van der Waals surface area contributed by atoms with Crippen LogP contribution in [0.5, 0.6) is 0 Å². The first kappa shape index (κ1) is 22.5. The number of fused-ring (bicyclic) bond motifs is 1. The van der Waals surface area contributed by atoms with E-state index in [4.69, 9.17) is 5.73 Å². The third-order valence-corrected chi connectivity index (χ3v) is 6.43. The zero-order chi connectivity index (χ0) is 24.7. The summed E-state index contributed by atoms with van der Waals surface area (Å²) in [4.78, 5) is 21.0. The first-order chi connectivity index (χ1) is 16.7. The molecule has 7 nitrogen and oxygen atoms in total. The van der Waals surface area contributed by atoms with Gasteiger partial charge in [0.2, 0.25) is 0 Å². The highest BCUT2D eigenvalue weighted by Gasteiger charge is 2.30. The Kier molecular flexibility index (Phi) is 5.48. The second-order valence-corrected chi connectivity index (χ2v) is 8.67. The van der Waals surface area contributed by atoms with Crippen LogP contribution in [0.4, 0.5) is 24.7 Å². The second kappa shape index (κ2) is 8.51. The average Bonchev–Trinajstić information content (AvgIpc) is 3.48. The first-order valence-corrected chi connectivity index (χ1v) is 11.2. The molecular weight excluding hydrogens is 477 g/mol. The number of aromatic nitrogens is 4. The minimum atomic E-state index is -4.53. The van der Waals surface area contributed by atoms with Crippen molar-refractivity contribution in [3.05, 3.63) is 83.3 Å². The molecule has 5 aromatic rings. The summed E-state index contributed by atoms with van der Waals surface area (Å²) < 4.78 is 41.5. The monoisotopic (exact) mass is 494 g/mol. The molecule has 2 aromatic carbocycles. The number of anilines is 2. The minimum Gasteiger partial charge on any atom is -0.382 e. The highest BCUT2D eigenvalue weighted by molar-refractivity contribution is 7.18. The molecule has 0 unspecified atom stereocenters. The van der Waals surface area contributed by atoms with Crippen molar-refractivity contribution in [1.29, 1.82) is 0 Å². The van der Waals surface area contributed by atoms with E-state index in [1.807, 2.05) is 18.5 Å². The number of nitrogen functional groups attached to an aromatic ring is 1. The van der Waals surface area contributed by atoms with Gasteiger partial charge >= 0.3 is 6.18 Å². The van der Waals surface area contributed by atoms with E-state index in [9.17, 15) is 18.0 Å². The number of rotatable bonds is 4. The van der Waals surface area contributed by atoms with Crippen molar-refractivity contribution >= 4 is 39.0 Å². The molecule has 0 fully saturated rings. The number of amides is 1. The summed E-state index contributed by atoms with van der Waals surface area (Å²) in [5.74, 6) is -0.229. The molecular formula is C24H17F3N6OS. The fourth-order valence-electron chi connectivity index (χ4n) is 3.64. The Morgan fingerprint density at radius 2 is 1.97 bits per heavy atom. The third-order valence-electron chi connectivity index (χ3n) is 5.44. The molecule has 0 aliphatic heterocycles. The number of carbonyl (C=O) groups is 1. The van der Waals surface area contributed by atoms with Crippen LogP contribution in [-0.4, -0.2) is 25.7 Å². The van der Waals surface area contributed by atoms with Crippen molar-refractivity contribution in [3.8, 4) is 16.8 Å². The Balaban J connectivity index is 1.43. The van der Waals surface area contributed by atoms with Crippen LogP contribution in [0.2, 0.25) is 0 Å². The number of hydrogen-bond donors (Lipinski definition) is 2. The molecule has 1 amide bonds. The molecule has 0 saturated carbocycles. The van der Waals surface area contributed by atoms with Crippen molar-refractivity contribution in [2.75, 3.05) is 11.1 Å². The van der Waals surface area contributed by atoms with E-state index in [0.717, 1.165) is 39.0 Å². The Morgan fingerprint density at radius 1 is 1.14 bits per heavy atom. The van der Waals surface area contributed by atoms with E-state index in [2.05, 4.69) is 20.4 Å². The van der Waals surface area contributed by atoms with Crippen LogP contribution < -0.4 is 11.1 Å². The van der Waals surface area contributed by atoms with Gasteiger partial charge < -0.3 is 11.1 Å². The zero-order valence-electron chi connectivity index (χ0n) is 18.2. The van der Waals surface area contributed by atoms with Gasteiger partial charge in [-0.1, -0.05) is 12.1 Å². The molecule has 35 heavy (non-hydrogen) atoms. The predicted molar refractivity (Wildman–Crippen MR) is 129 cm³/mol. The largest absolute Gasteiger partial charge is 0.416 e. The Bertz CT molecular complexity index is 1570. The van der Waals surface area contributed by atoms with Crippen molar-refractivity contribution < 1.29 is 18.0 Å². The van der Waals surface area contributed by atoms with Crippen LogP contribution in [0.1, 0.15) is 21.5 Å². The topological polar surface area (TPSA) is 98.7 Å². The smallest absolute Gasteiger partial charge is 0.382 e. The van der Waals surface area contributed by atoms with Crippen molar-refractivity contribution in [3.63, 3.8) is 0 Å². The molecule has 5 rings (SSSR count). The van der Waals surface area contributed by atoms with Crippen molar-refractivity contribution in [2.45, 2.75) is 13.1 Å². The van der Waals surface area contributed by atoms with E-state index >= 15 is 0 Å². The zero-order valence-corrected chi connectivity index (χ0v) is 19.0. The van der Waals surface area contributed by atoms with Gasteiger partial charge in [0.25, 0.3) is 5.91 Å². The first-order valence-electron chi connectivity index (χ1n) is 10.3. The number of benzene rings is 2. The molecule has 3 heterocycles.